The van der Waals surface area contributed by atoms with E-state index < -0.39 is 0 Å². The summed E-state index contributed by atoms with van der Waals surface area (Å²) in [6.45, 7) is 0. The molecule has 0 aromatic rings. The normalized spacial score (nSPS) is 4.83. The third-order valence-electron chi connectivity index (χ3n) is 0. The second-order valence-electron chi connectivity index (χ2n) is 0.305. The van der Waals surface area contributed by atoms with Crippen LogP contribution in [-0.4, -0.2) is 4.32 Å². The molecule has 0 saturated carbocycles. The molecule has 0 fully saturated rings. The molecule has 0 bridgehead atoms. The Labute approximate surface area is 58.1 Å². The van der Waals surface area contributed by atoms with Gasteiger partial charge >= 0.3 is 23.2 Å². The number of hydrogen-bond donors (Lipinski definition) is 1. The van der Waals surface area contributed by atoms with Gasteiger partial charge in [-0.25, -0.2) is 0 Å². The molecule has 6 heavy (non-hydrogen) atoms. The quantitative estimate of drug-likeness (QED) is 0.365. The average Bonchev–Trinajstić information content (AvgIpc) is 1.41. The Balaban J connectivity index is 0. The Hall–Kier alpha value is 0.728. The zero-order valence-electron chi connectivity index (χ0n) is 2.67. The van der Waals surface area contributed by atoms with Crippen LogP contribution in [0.4, 0.5) is 0 Å². The zero-order chi connectivity index (χ0) is 5.58. The Bertz CT molecular complexity index is 44.8. The first kappa shape index (κ1) is 9.88. The van der Waals surface area contributed by atoms with Crippen molar-refractivity contribution < 1.29 is 23.2 Å². The number of nitrogens with one attached hydrogen (secondary N) is 1. The third kappa shape index (κ3) is 124. The van der Waals surface area contributed by atoms with Crippen molar-refractivity contribution in [3.63, 3.8) is 0 Å². The molecule has 0 atom stereocenters. The van der Waals surface area contributed by atoms with Crippen LogP contribution in [-0.2, 0) is 23.2 Å². The molecule has 0 saturated heterocycles. The van der Waals surface area contributed by atoms with Crippen molar-refractivity contribution in [1.29, 1.82) is 0 Å². The maximum atomic E-state index is 8.26. The molecule has 0 aromatic heterocycles. The summed E-state index contributed by atoms with van der Waals surface area (Å²) in [4.78, 5) is 0. The molecule has 0 aliphatic carbocycles. The maximum absolute atomic E-state index is 8.26. The van der Waals surface area contributed by atoms with E-state index in [9.17, 15) is 0 Å². The topological polar surface area (TPSA) is 40.9 Å². The molecule has 36 valence electrons. The summed E-state index contributed by atoms with van der Waals surface area (Å²) in [5, 5.41) is 0. The van der Waals surface area contributed by atoms with Crippen molar-refractivity contribution in [2.24, 2.45) is 0 Å². The second-order valence-corrected chi connectivity index (χ2v) is 1.46. The summed E-state index contributed by atoms with van der Waals surface area (Å²) >= 11 is 8.13. The van der Waals surface area contributed by atoms with Crippen LogP contribution in [0.15, 0.2) is 0 Å². The van der Waals surface area contributed by atoms with Gasteiger partial charge in [-0.15, -0.1) is 0 Å². The van der Waals surface area contributed by atoms with Crippen LogP contribution in [0.5, 0.6) is 0 Å². The summed E-state index contributed by atoms with van der Waals surface area (Å²) in [5.41, 5.74) is 6.18. The zero-order valence-corrected chi connectivity index (χ0v) is 6.39. The van der Waals surface area contributed by atoms with Crippen LogP contribution in [0.3, 0.4) is 0 Å². The SMILES string of the molecule is [NH-]C(=S)S.[O]=[Mo]. The molecule has 0 aromatic carbocycles. The van der Waals surface area contributed by atoms with Gasteiger partial charge in [0, 0.05) is 0 Å². The van der Waals surface area contributed by atoms with Gasteiger partial charge in [-0.3, -0.25) is 0 Å². The van der Waals surface area contributed by atoms with Crippen molar-refractivity contribution in [2.75, 3.05) is 0 Å². The van der Waals surface area contributed by atoms with Gasteiger partial charge in [-0.1, -0.05) is 12.2 Å². The predicted octanol–water partition coefficient (Wildman–Crippen LogP) is 1.13. The molecule has 0 radical (unpaired) electrons. The molecular formula is CH2MoNOS2-. The molecule has 0 aliphatic rings. The van der Waals surface area contributed by atoms with Crippen molar-refractivity contribution in [2.45, 2.75) is 0 Å². The van der Waals surface area contributed by atoms with Crippen LogP contribution < -0.4 is 0 Å². The van der Waals surface area contributed by atoms with Crippen LogP contribution in [0.25, 0.3) is 5.73 Å². The Morgan fingerprint density at radius 1 is 1.83 bits per heavy atom. The van der Waals surface area contributed by atoms with Crippen molar-refractivity contribution in [1.82, 2.24) is 0 Å². The van der Waals surface area contributed by atoms with Crippen LogP contribution in [0.2, 0.25) is 0 Å². The van der Waals surface area contributed by atoms with Gasteiger partial charge in [0.15, 0.2) is 0 Å². The van der Waals surface area contributed by atoms with E-state index in [0.717, 1.165) is 0 Å². The fourth-order valence-corrected chi connectivity index (χ4v) is 0. The summed E-state index contributed by atoms with van der Waals surface area (Å²) in [7, 11) is 0. The van der Waals surface area contributed by atoms with E-state index in [1.54, 1.807) is 0 Å². The fourth-order valence-electron chi connectivity index (χ4n) is 0. The van der Waals surface area contributed by atoms with Gasteiger partial charge in [0.25, 0.3) is 0 Å². The molecule has 0 heterocycles. The average molecular weight is 204 g/mol. The third-order valence-corrected chi connectivity index (χ3v) is 0. The number of rotatable bonds is 0. The molecule has 0 spiro atoms. The standard InChI is InChI=1S/CH3NS2.Mo.O/c2-1(3)4;;/h(H3,2,3,4);;/p-1. The van der Waals surface area contributed by atoms with E-state index in [4.69, 9.17) is 9.13 Å². The molecule has 0 aliphatic heterocycles. The molecule has 5 heteroatoms. The summed E-state index contributed by atoms with van der Waals surface area (Å²) in [6.07, 6.45) is 0. The molecular weight excluding hydrogens is 202 g/mol. The van der Waals surface area contributed by atoms with Gasteiger partial charge in [-0.2, -0.15) is 12.6 Å². The van der Waals surface area contributed by atoms with Gasteiger partial charge < -0.3 is 5.73 Å². The molecule has 0 amide bonds. The van der Waals surface area contributed by atoms with E-state index in [1.165, 1.54) is 0 Å². The van der Waals surface area contributed by atoms with Gasteiger partial charge in [0.05, 0.1) is 0 Å². The van der Waals surface area contributed by atoms with Crippen molar-refractivity contribution >= 4 is 29.2 Å². The summed E-state index contributed by atoms with van der Waals surface area (Å²) in [5.74, 6) is 0. The first-order chi connectivity index (χ1) is 2.73. The van der Waals surface area contributed by atoms with Crippen LogP contribution in [0.1, 0.15) is 0 Å². The molecule has 1 N–H and O–H groups in total. The second kappa shape index (κ2) is 9.21. The number of thiol groups is 1. The van der Waals surface area contributed by atoms with E-state index in [0.29, 0.717) is 19.8 Å². The van der Waals surface area contributed by atoms with Gasteiger partial charge in [0.2, 0.25) is 0 Å². The van der Waals surface area contributed by atoms with Crippen molar-refractivity contribution in [3.8, 4) is 0 Å². The molecule has 0 rings (SSSR count). The van der Waals surface area contributed by atoms with E-state index in [1.807, 2.05) is 0 Å². The Morgan fingerprint density at radius 2 is 1.83 bits per heavy atom. The van der Waals surface area contributed by atoms with E-state index >= 15 is 0 Å². The summed E-state index contributed by atoms with van der Waals surface area (Å²) in [6, 6.07) is 0. The van der Waals surface area contributed by atoms with Crippen molar-refractivity contribution in [3.05, 3.63) is 5.73 Å². The minimum absolute atomic E-state index is 0.0556. The number of hydrogen-bond acceptors (Lipinski definition) is 2. The first-order valence-corrected chi connectivity index (χ1v) is 2.52. The van der Waals surface area contributed by atoms with E-state index in [2.05, 4.69) is 24.8 Å². The van der Waals surface area contributed by atoms with Crippen LogP contribution in [0, 0.1) is 0 Å². The summed E-state index contributed by atoms with van der Waals surface area (Å²) < 4.78 is 8.20. The molecule has 2 nitrogen and oxygen atoms in total. The first-order valence-electron chi connectivity index (χ1n) is 0.844. The monoisotopic (exact) mass is 206 g/mol. The van der Waals surface area contributed by atoms with E-state index in [-0.39, 0.29) is 4.32 Å². The molecule has 0 unspecified atom stereocenters. The minimum atomic E-state index is -0.0556. The van der Waals surface area contributed by atoms with Crippen LogP contribution >= 0.6 is 24.8 Å². The van der Waals surface area contributed by atoms with Gasteiger partial charge in [0.1, 0.15) is 0 Å². The Kier molecular flexibility index (Phi) is 15.2. The van der Waals surface area contributed by atoms with Gasteiger partial charge in [-0.05, 0) is 4.32 Å². The predicted molar refractivity (Wildman–Crippen MR) is 26.6 cm³/mol. The number of thiocarbonyl (C=S) groups is 1. The fraction of sp³-hybridized carbons (Fsp3) is 0. The Morgan fingerprint density at radius 3 is 1.83 bits per heavy atom.